The zero-order valence-corrected chi connectivity index (χ0v) is 12.3. The van der Waals surface area contributed by atoms with Crippen LogP contribution in [0.2, 0.25) is 10.0 Å². The number of hydrogen-bond donors (Lipinski definition) is 1. The Morgan fingerprint density at radius 1 is 1.00 bits per heavy atom. The van der Waals surface area contributed by atoms with Crippen molar-refractivity contribution in [3.63, 3.8) is 0 Å². The predicted octanol–water partition coefficient (Wildman–Crippen LogP) is 4.74. The fourth-order valence-electron chi connectivity index (χ4n) is 1.66. The lowest BCUT2D eigenvalue weighted by molar-refractivity contribution is -0.138. The minimum Gasteiger partial charge on any atom is -0.376 e. The van der Waals surface area contributed by atoms with Gasteiger partial charge in [-0.1, -0.05) is 41.4 Å². The number of rotatable bonds is 3. The predicted molar refractivity (Wildman–Crippen MR) is 76.0 cm³/mol. The second-order valence-electron chi connectivity index (χ2n) is 4.13. The topological polar surface area (TPSA) is 38.3 Å². The average Bonchev–Trinajstić information content (AvgIpc) is 2.45. The van der Waals surface area contributed by atoms with E-state index in [-0.39, 0.29) is 15.8 Å². The molecule has 22 heavy (non-hydrogen) atoms. The van der Waals surface area contributed by atoms with Crippen LogP contribution in [0.4, 0.5) is 13.2 Å². The van der Waals surface area contributed by atoms with Crippen molar-refractivity contribution < 1.29 is 22.8 Å². The summed E-state index contributed by atoms with van der Waals surface area (Å²) < 4.78 is 38.5. The van der Waals surface area contributed by atoms with Gasteiger partial charge in [0.1, 0.15) is 0 Å². The summed E-state index contributed by atoms with van der Waals surface area (Å²) in [6.07, 6.45) is -4.66. The Balaban J connectivity index is 2.21. The van der Waals surface area contributed by atoms with Crippen molar-refractivity contribution in [1.29, 1.82) is 0 Å². The standard InChI is InChI=1S/C14H8Cl2F3NO2/c15-10-6-3-7-11(16)12(10)22-20-13(21)8-4-1-2-5-9(8)14(17,18)19/h1-7H,(H,20,21). The van der Waals surface area contributed by atoms with E-state index in [2.05, 4.69) is 0 Å². The summed E-state index contributed by atoms with van der Waals surface area (Å²) in [7, 11) is 0. The number of para-hydroxylation sites is 1. The molecule has 3 nitrogen and oxygen atoms in total. The number of carbonyl (C=O) groups is 1. The van der Waals surface area contributed by atoms with Crippen LogP contribution in [-0.2, 0) is 6.18 Å². The van der Waals surface area contributed by atoms with E-state index >= 15 is 0 Å². The van der Waals surface area contributed by atoms with Crippen molar-refractivity contribution in [3.05, 3.63) is 63.6 Å². The Morgan fingerprint density at radius 3 is 2.18 bits per heavy atom. The molecular formula is C14H8Cl2F3NO2. The molecule has 1 amide bonds. The lowest BCUT2D eigenvalue weighted by Crippen LogP contribution is -2.29. The van der Waals surface area contributed by atoms with Gasteiger partial charge < -0.3 is 4.84 Å². The third kappa shape index (κ3) is 3.64. The quantitative estimate of drug-likeness (QED) is 0.813. The molecule has 0 saturated carbocycles. The van der Waals surface area contributed by atoms with Crippen molar-refractivity contribution in [2.24, 2.45) is 0 Å². The van der Waals surface area contributed by atoms with Crippen LogP contribution in [0.15, 0.2) is 42.5 Å². The highest BCUT2D eigenvalue weighted by Crippen LogP contribution is 2.33. The van der Waals surface area contributed by atoms with Gasteiger partial charge in [0.15, 0.2) is 5.75 Å². The molecule has 0 fully saturated rings. The zero-order chi connectivity index (χ0) is 16.3. The Kier molecular flexibility index (Phi) is 4.83. The smallest absolute Gasteiger partial charge is 0.376 e. The molecule has 2 rings (SSSR count). The molecule has 0 unspecified atom stereocenters. The minimum atomic E-state index is -4.66. The van der Waals surface area contributed by atoms with E-state index in [1.165, 1.54) is 24.3 Å². The summed E-state index contributed by atoms with van der Waals surface area (Å²) in [6, 6.07) is 8.81. The first-order valence-corrected chi connectivity index (χ1v) is 6.63. The summed E-state index contributed by atoms with van der Waals surface area (Å²) in [6.45, 7) is 0. The normalized spacial score (nSPS) is 11.1. The SMILES string of the molecule is O=C(NOc1c(Cl)cccc1Cl)c1ccccc1C(F)(F)F. The van der Waals surface area contributed by atoms with Gasteiger partial charge in [-0.25, -0.2) is 0 Å². The average molecular weight is 350 g/mol. The molecule has 0 radical (unpaired) electrons. The van der Waals surface area contributed by atoms with E-state index in [0.717, 1.165) is 12.1 Å². The molecule has 0 aliphatic heterocycles. The maximum Gasteiger partial charge on any atom is 0.417 e. The van der Waals surface area contributed by atoms with Crippen LogP contribution in [0, 0.1) is 0 Å². The maximum atomic E-state index is 12.8. The van der Waals surface area contributed by atoms with Crippen molar-refractivity contribution >= 4 is 29.1 Å². The number of benzene rings is 2. The lowest BCUT2D eigenvalue weighted by Gasteiger charge is -2.13. The number of carbonyl (C=O) groups excluding carboxylic acids is 1. The van der Waals surface area contributed by atoms with Crippen LogP contribution >= 0.6 is 23.2 Å². The Bertz CT molecular complexity index is 684. The van der Waals surface area contributed by atoms with Gasteiger partial charge in [-0.15, -0.1) is 0 Å². The van der Waals surface area contributed by atoms with Crippen LogP contribution in [0.1, 0.15) is 15.9 Å². The van der Waals surface area contributed by atoms with E-state index < -0.39 is 23.2 Å². The molecule has 0 spiro atoms. The zero-order valence-electron chi connectivity index (χ0n) is 10.7. The number of alkyl halides is 3. The molecule has 1 N–H and O–H groups in total. The largest absolute Gasteiger partial charge is 0.417 e. The molecule has 2 aromatic carbocycles. The Hall–Kier alpha value is -1.92. The van der Waals surface area contributed by atoms with E-state index in [4.69, 9.17) is 28.0 Å². The highest BCUT2D eigenvalue weighted by atomic mass is 35.5. The van der Waals surface area contributed by atoms with E-state index in [9.17, 15) is 18.0 Å². The molecule has 116 valence electrons. The van der Waals surface area contributed by atoms with Gasteiger partial charge in [-0.2, -0.15) is 18.7 Å². The molecule has 0 aromatic heterocycles. The molecule has 2 aromatic rings. The molecule has 0 aliphatic carbocycles. The molecular weight excluding hydrogens is 342 g/mol. The fourth-order valence-corrected chi connectivity index (χ4v) is 2.14. The maximum absolute atomic E-state index is 12.8. The number of hydrogen-bond acceptors (Lipinski definition) is 2. The Labute approximate surface area is 133 Å². The van der Waals surface area contributed by atoms with Crippen LogP contribution in [0.5, 0.6) is 5.75 Å². The van der Waals surface area contributed by atoms with Gasteiger partial charge in [-0.05, 0) is 24.3 Å². The monoisotopic (exact) mass is 349 g/mol. The van der Waals surface area contributed by atoms with E-state index in [1.54, 1.807) is 6.07 Å². The van der Waals surface area contributed by atoms with Crippen LogP contribution in [0.25, 0.3) is 0 Å². The van der Waals surface area contributed by atoms with Gasteiger partial charge in [0.2, 0.25) is 0 Å². The van der Waals surface area contributed by atoms with Crippen LogP contribution < -0.4 is 10.3 Å². The van der Waals surface area contributed by atoms with Gasteiger partial charge in [0, 0.05) is 0 Å². The van der Waals surface area contributed by atoms with E-state index in [1.807, 2.05) is 5.48 Å². The van der Waals surface area contributed by atoms with Crippen molar-refractivity contribution in [1.82, 2.24) is 5.48 Å². The van der Waals surface area contributed by atoms with Crippen LogP contribution in [-0.4, -0.2) is 5.91 Å². The third-order valence-corrected chi connectivity index (χ3v) is 3.24. The van der Waals surface area contributed by atoms with E-state index in [0.29, 0.717) is 0 Å². The Morgan fingerprint density at radius 2 is 1.59 bits per heavy atom. The fraction of sp³-hybridized carbons (Fsp3) is 0.0714. The van der Waals surface area contributed by atoms with Gasteiger partial charge in [0.05, 0.1) is 21.2 Å². The first kappa shape index (κ1) is 16.5. The highest BCUT2D eigenvalue weighted by Gasteiger charge is 2.35. The number of amides is 1. The molecule has 0 bridgehead atoms. The van der Waals surface area contributed by atoms with Gasteiger partial charge >= 0.3 is 6.18 Å². The second kappa shape index (κ2) is 6.46. The number of halogens is 5. The molecule has 0 heterocycles. The number of nitrogens with one attached hydrogen (secondary N) is 1. The lowest BCUT2D eigenvalue weighted by atomic mass is 10.1. The van der Waals surface area contributed by atoms with Gasteiger partial charge in [-0.3, -0.25) is 4.79 Å². The van der Waals surface area contributed by atoms with Crippen molar-refractivity contribution in [2.45, 2.75) is 6.18 Å². The first-order chi connectivity index (χ1) is 10.3. The molecule has 8 heteroatoms. The molecule has 0 atom stereocenters. The summed E-state index contributed by atoms with van der Waals surface area (Å²) in [5.41, 5.74) is 0.262. The summed E-state index contributed by atoms with van der Waals surface area (Å²) >= 11 is 11.6. The van der Waals surface area contributed by atoms with Crippen LogP contribution in [0.3, 0.4) is 0 Å². The molecule has 0 saturated heterocycles. The molecule has 0 aliphatic rings. The first-order valence-electron chi connectivity index (χ1n) is 5.88. The van der Waals surface area contributed by atoms with Crippen molar-refractivity contribution in [2.75, 3.05) is 0 Å². The summed E-state index contributed by atoms with van der Waals surface area (Å²) in [5, 5.41) is 0.216. The van der Waals surface area contributed by atoms with Crippen molar-refractivity contribution in [3.8, 4) is 5.75 Å². The summed E-state index contributed by atoms with van der Waals surface area (Å²) in [5.74, 6) is -1.12. The second-order valence-corrected chi connectivity index (χ2v) is 4.94. The highest BCUT2D eigenvalue weighted by molar-refractivity contribution is 6.37. The third-order valence-electron chi connectivity index (χ3n) is 2.64. The van der Waals surface area contributed by atoms with Gasteiger partial charge in [0.25, 0.3) is 5.91 Å². The minimum absolute atomic E-state index is 0.0522. The number of hydroxylamine groups is 1. The summed E-state index contributed by atoms with van der Waals surface area (Å²) in [4.78, 5) is 16.8.